The Bertz CT molecular complexity index is 764. The van der Waals surface area contributed by atoms with Gasteiger partial charge < -0.3 is 9.47 Å². The Balaban J connectivity index is 1.66. The summed E-state index contributed by atoms with van der Waals surface area (Å²) in [6, 6.07) is 9.29. The number of halogens is 2. The van der Waals surface area contributed by atoms with Gasteiger partial charge >= 0.3 is 0 Å². The van der Waals surface area contributed by atoms with Crippen LogP contribution in [0.4, 0.5) is 4.39 Å². The highest BCUT2D eigenvalue weighted by molar-refractivity contribution is 9.10. The molecule has 0 radical (unpaired) electrons. The first kappa shape index (κ1) is 14.5. The maximum atomic E-state index is 13.1. The van der Waals surface area contributed by atoms with E-state index in [1.54, 1.807) is 30.3 Å². The van der Waals surface area contributed by atoms with Crippen LogP contribution in [0.1, 0.15) is 15.9 Å². The molecule has 22 heavy (non-hydrogen) atoms. The smallest absolute Gasteiger partial charge is 0.271 e. The Morgan fingerprint density at radius 1 is 1.23 bits per heavy atom. The average Bonchev–Trinajstić information content (AvgIpc) is 2.98. The normalized spacial score (nSPS) is 12.6. The Morgan fingerprint density at radius 2 is 2.05 bits per heavy atom. The predicted molar refractivity (Wildman–Crippen MR) is 81.7 cm³/mol. The van der Waals surface area contributed by atoms with E-state index in [0.717, 1.165) is 0 Å². The van der Waals surface area contributed by atoms with E-state index in [1.165, 1.54) is 12.3 Å². The fraction of sp³-hybridized carbons (Fsp3) is 0.0667. The maximum absolute atomic E-state index is 13.1. The maximum Gasteiger partial charge on any atom is 0.271 e. The molecule has 0 saturated carbocycles. The molecular formula is C15H10BrFN2O3. The molecule has 0 aromatic heterocycles. The van der Waals surface area contributed by atoms with E-state index >= 15 is 0 Å². The molecule has 0 unspecified atom stereocenters. The van der Waals surface area contributed by atoms with Crippen molar-refractivity contribution in [2.45, 2.75) is 0 Å². The van der Waals surface area contributed by atoms with Crippen LogP contribution < -0.4 is 14.9 Å². The molecule has 0 atom stereocenters. The summed E-state index contributed by atoms with van der Waals surface area (Å²) in [7, 11) is 0. The molecule has 0 aliphatic carbocycles. The highest BCUT2D eigenvalue weighted by Crippen LogP contribution is 2.32. The van der Waals surface area contributed by atoms with Gasteiger partial charge in [-0.25, -0.2) is 9.82 Å². The van der Waals surface area contributed by atoms with Crippen molar-refractivity contribution in [2.75, 3.05) is 6.79 Å². The molecule has 2 aromatic carbocycles. The molecule has 7 heteroatoms. The first-order valence-electron chi connectivity index (χ1n) is 6.31. The highest BCUT2D eigenvalue weighted by Gasteiger charge is 2.15. The van der Waals surface area contributed by atoms with Crippen LogP contribution in [0.3, 0.4) is 0 Å². The van der Waals surface area contributed by atoms with Crippen LogP contribution in [0.5, 0.6) is 11.5 Å². The first-order valence-corrected chi connectivity index (χ1v) is 7.11. The van der Waals surface area contributed by atoms with Gasteiger partial charge in [0.1, 0.15) is 5.82 Å². The van der Waals surface area contributed by atoms with Gasteiger partial charge in [0.25, 0.3) is 5.91 Å². The minimum atomic E-state index is -0.379. The molecule has 1 aliphatic heterocycles. The molecule has 1 heterocycles. The molecule has 1 amide bonds. The van der Waals surface area contributed by atoms with Crippen molar-refractivity contribution in [1.82, 2.24) is 5.43 Å². The third-order valence-electron chi connectivity index (χ3n) is 2.96. The predicted octanol–water partition coefficient (Wildman–Crippen LogP) is 3.08. The number of rotatable bonds is 3. The van der Waals surface area contributed by atoms with Gasteiger partial charge in [0, 0.05) is 5.56 Å². The van der Waals surface area contributed by atoms with Crippen LogP contribution in [0, 0.1) is 5.82 Å². The van der Waals surface area contributed by atoms with Crippen molar-refractivity contribution in [3.05, 3.63) is 57.8 Å². The Labute approximate surface area is 133 Å². The number of ether oxygens (including phenoxy) is 2. The highest BCUT2D eigenvalue weighted by atomic mass is 79.9. The topological polar surface area (TPSA) is 59.9 Å². The lowest BCUT2D eigenvalue weighted by Crippen LogP contribution is -2.17. The second-order valence-corrected chi connectivity index (χ2v) is 5.30. The van der Waals surface area contributed by atoms with Gasteiger partial charge in [-0.05, 0) is 51.8 Å². The molecule has 5 nitrogen and oxygen atoms in total. The summed E-state index contributed by atoms with van der Waals surface area (Å²) in [5.41, 5.74) is 3.45. The molecule has 0 fully saturated rings. The van der Waals surface area contributed by atoms with Crippen LogP contribution >= 0.6 is 15.9 Å². The van der Waals surface area contributed by atoms with Crippen molar-refractivity contribution in [2.24, 2.45) is 5.10 Å². The lowest BCUT2D eigenvalue weighted by Gasteiger charge is -2.02. The zero-order chi connectivity index (χ0) is 15.5. The van der Waals surface area contributed by atoms with Crippen LogP contribution in [-0.2, 0) is 0 Å². The lowest BCUT2D eigenvalue weighted by atomic mass is 10.2. The van der Waals surface area contributed by atoms with Gasteiger partial charge in [-0.15, -0.1) is 0 Å². The van der Waals surface area contributed by atoms with Gasteiger partial charge in [-0.2, -0.15) is 5.10 Å². The number of nitrogens with one attached hydrogen (secondary N) is 1. The third-order valence-corrected chi connectivity index (χ3v) is 3.57. The monoisotopic (exact) mass is 364 g/mol. The number of hydrogen-bond acceptors (Lipinski definition) is 4. The first-order chi connectivity index (χ1) is 10.6. The summed E-state index contributed by atoms with van der Waals surface area (Å²) in [5.74, 6) is 0.396. The molecule has 112 valence electrons. The fourth-order valence-electron chi connectivity index (χ4n) is 1.86. The SMILES string of the molecule is O=C(N/N=C\c1ccc(F)c(Br)c1)c1ccc2c(c1)OCO2. The zero-order valence-electron chi connectivity index (χ0n) is 11.2. The fourth-order valence-corrected chi connectivity index (χ4v) is 2.26. The molecule has 2 aromatic rings. The summed E-state index contributed by atoms with van der Waals surface area (Å²) < 4.78 is 23.8. The number of fused-ring (bicyclic) bond motifs is 1. The zero-order valence-corrected chi connectivity index (χ0v) is 12.8. The van der Waals surface area contributed by atoms with Gasteiger partial charge in [0.15, 0.2) is 11.5 Å². The molecule has 1 N–H and O–H groups in total. The molecule has 1 aliphatic rings. The number of nitrogens with zero attached hydrogens (tertiary/aromatic N) is 1. The summed E-state index contributed by atoms with van der Waals surface area (Å²) >= 11 is 3.08. The van der Waals surface area contributed by atoms with Gasteiger partial charge in [0.05, 0.1) is 10.7 Å². The Morgan fingerprint density at radius 3 is 2.86 bits per heavy atom. The summed E-state index contributed by atoms with van der Waals surface area (Å²) in [4.78, 5) is 12.0. The van der Waals surface area contributed by atoms with E-state index in [2.05, 4.69) is 26.5 Å². The minimum absolute atomic E-state index is 0.151. The number of carbonyl (C=O) groups excluding carboxylic acids is 1. The minimum Gasteiger partial charge on any atom is -0.454 e. The molecular weight excluding hydrogens is 355 g/mol. The van der Waals surface area contributed by atoms with E-state index in [0.29, 0.717) is 27.1 Å². The molecule has 0 saturated heterocycles. The molecule has 0 spiro atoms. The van der Waals surface area contributed by atoms with E-state index in [1.807, 2.05) is 0 Å². The number of benzene rings is 2. The van der Waals surface area contributed by atoms with Gasteiger partial charge in [0.2, 0.25) is 6.79 Å². The van der Waals surface area contributed by atoms with E-state index in [4.69, 9.17) is 9.47 Å². The van der Waals surface area contributed by atoms with Crippen LogP contribution in [0.25, 0.3) is 0 Å². The largest absolute Gasteiger partial charge is 0.454 e. The lowest BCUT2D eigenvalue weighted by molar-refractivity contribution is 0.0954. The number of hydrazone groups is 1. The van der Waals surface area contributed by atoms with Crippen molar-refractivity contribution in [1.29, 1.82) is 0 Å². The molecule has 3 rings (SSSR count). The number of hydrogen-bond donors (Lipinski definition) is 1. The standard InChI is InChI=1S/C15H10BrFN2O3/c16-11-5-9(1-3-12(11)17)7-18-19-15(20)10-2-4-13-14(6-10)22-8-21-13/h1-7H,8H2,(H,19,20)/b18-7-. The Kier molecular flexibility index (Phi) is 4.06. The van der Waals surface area contributed by atoms with E-state index < -0.39 is 0 Å². The average molecular weight is 365 g/mol. The van der Waals surface area contributed by atoms with Crippen LogP contribution in [0.2, 0.25) is 0 Å². The summed E-state index contributed by atoms with van der Waals surface area (Å²) in [6.45, 7) is 0.151. The van der Waals surface area contributed by atoms with Crippen molar-refractivity contribution < 1.29 is 18.7 Å². The second-order valence-electron chi connectivity index (χ2n) is 4.44. The number of amides is 1. The second kappa shape index (κ2) is 6.15. The number of carbonyl (C=O) groups is 1. The van der Waals surface area contributed by atoms with E-state index in [-0.39, 0.29) is 18.5 Å². The van der Waals surface area contributed by atoms with Crippen LogP contribution in [0.15, 0.2) is 46.0 Å². The van der Waals surface area contributed by atoms with E-state index in [9.17, 15) is 9.18 Å². The summed E-state index contributed by atoms with van der Waals surface area (Å²) in [6.07, 6.45) is 1.43. The molecule has 0 bridgehead atoms. The van der Waals surface area contributed by atoms with Gasteiger partial charge in [-0.1, -0.05) is 6.07 Å². The van der Waals surface area contributed by atoms with Crippen LogP contribution in [-0.4, -0.2) is 18.9 Å². The third kappa shape index (κ3) is 3.09. The van der Waals surface area contributed by atoms with Crippen molar-refractivity contribution in [3.8, 4) is 11.5 Å². The summed E-state index contributed by atoms with van der Waals surface area (Å²) in [5, 5.41) is 3.84. The van der Waals surface area contributed by atoms with Crippen molar-refractivity contribution in [3.63, 3.8) is 0 Å². The van der Waals surface area contributed by atoms with Crippen molar-refractivity contribution >= 4 is 28.1 Å². The Hall–Kier alpha value is -2.41. The van der Waals surface area contributed by atoms with Gasteiger partial charge in [-0.3, -0.25) is 4.79 Å². The quantitative estimate of drug-likeness (QED) is 0.672.